The summed E-state index contributed by atoms with van der Waals surface area (Å²) in [5.41, 5.74) is 1.05. The summed E-state index contributed by atoms with van der Waals surface area (Å²) in [7, 11) is 1.63. The number of benzene rings is 1. The summed E-state index contributed by atoms with van der Waals surface area (Å²) in [5, 5.41) is 3.03. The van der Waals surface area contributed by atoms with Crippen LogP contribution in [0.1, 0.15) is 38.2 Å². The van der Waals surface area contributed by atoms with Crippen molar-refractivity contribution in [1.29, 1.82) is 0 Å². The summed E-state index contributed by atoms with van der Waals surface area (Å²) in [6, 6.07) is 7.70. The number of carbonyl (C=O) groups excluding carboxylic acids is 2. The van der Waals surface area contributed by atoms with E-state index in [1.165, 1.54) is 25.9 Å². The zero-order chi connectivity index (χ0) is 19.9. The molecule has 0 aromatic heterocycles. The maximum absolute atomic E-state index is 12.5. The molecule has 2 saturated heterocycles. The van der Waals surface area contributed by atoms with E-state index in [2.05, 4.69) is 17.1 Å². The number of ether oxygens (including phenoxy) is 1. The van der Waals surface area contributed by atoms with Crippen molar-refractivity contribution in [2.45, 2.75) is 39.2 Å². The number of hydrogen-bond acceptors (Lipinski definition) is 4. The lowest BCUT2D eigenvalue weighted by molar-refractivity contribution is -0.129. The average molecular weight is 388 g/mol. The highest BCUT2D eigenvalue weighted by atomic mass is 16.5. The molecule has 0 aliphatic carbocycles. The van der Waals surface area contributed by atoms with Crippen LogP contribution in [0.15, 0.2) is 24.3 Å². The van der Waals surface area contributed by atoms with Crippen molar-refractivity contribution in [2.75, 3.05) is 39.8 Å². The Balaban J connectivity index is 1.38. The van der Waals surface area contributed by atoms with E-state index in [0.29, 0.717) is 26.1 Å². The average Bonchev–Trinajstić information content (AvgIpc) is 3.06. The SMILES string of the molecule is COc1ccc(CN2C[C@H](C(=O)NCCCN3CCC[C@@H](C)C3)CC2=O)cc1. The number of hydrogen-bond donors (Lipinski definition) is 1. The molecule has 2 atom stereocenters. The number of rotatable bonds is 8. The Kier molecular flexibility index (Phi) is 7.31. The molecule has 6 nitrogen and oxygen atoms in total. The van der Waals surface area contributed by atoms with E-state index in [1.807, 2.05) is 24.3 Å². The fraction of sp³-hybridized carbons (Fsp3) is 0.636. The topological polar surface area (TPSA) is 61.9 Å². The molecule has 2 amide bonds. The van der Waals surface area contributed by atoms with Gasteiger partial charge in [-0.05, 0) is 56.0 Å². The third-order valence-corrected chi connectivity index (χ3v) is 5.81. The van der Waals surface area contributed by atoms with E-state index < -0.39 is 0 Å². The normalized spacial score (nSPS) is 23.1. The van der Waals surface area contributed by atoms with E-state index in [4.69, 9.17) is 4.74 Å². The molecule has 1 aromatic carbocycles. The number of carbonyl (C=O) groups is 2. The fourth-order valence-corrected chi connectivity index (χ4v) is 4.20. The fourth-order valence-electron chi connectivity index (χ4n) is 4.20. The van der Waals surface area contributed by atoms with Crippen molar-refractivity contribution in [3.8, 4) is 5.75 Å². The van der Waals surface area contributed by atoms with E-state index in [9.17, 15) is 9.59 Å². The minimum Gasteiger partial charge on any atom is -0.497 e. The van der Waals surface area contributed by atoms with Gasteiger partial charge in [0.05, 0.1) is 13.0 Å². The van der Waals surface area contributed by atoms with Crippen LogP contribution in [-0.4, -0.2) is 61.4 Å². The van der Waals surface area contributed by atoms with Gasteiger partial charge in [0.1, 0.15) is 5.75 Å². The Bertz CT molecular complexity index is 661. The van der Waals surface area contributed by atoms with Crippen LogP contribution >= 0.6 is 0 Å². The quantitative estimate of drug-likeness (QED) is 0.695. The molecule has 2 heterocycles. The van der Waals surface area contributed by atoms with E-state index in [-0.39, 0.29) is 17.7 Å². The number of amides is 2. The third kappa shape index (κ3) is 5.71. The van der Waals surface area contributed by atoms with Crippen molar-refractivity contribution >= 4 is 11.8 Å². The van der Waals surface area contributed by atoms with Gasteiger partial charge in [-0.3, -0.25) is 9.59 Å². The van der Waals surface area contributed by atoms with Crippen LogP contribution in [-0.2, 0) is 16.1 Å². The zero-order valence-corrected chi connectivity index (χ0v) is 17.2. The molecular formula is C22H33N3O3. The first-order valence-corrected chi connectivity index (χ1v) is 10.5. The second kappa shape index (κ2) is 9.92. The van der Waals surface area contributed by atoms with Gasteiger partial charge >= 0.3 is 0 Å². The summed E-state index contributed by atoms with van der Waals surface area (Å²) >= 11 is 0. The van der Waals surface area contributed by atoms with Crippen molar-refractivity contribution in [3.63, 3.8) is 0 Å². The molecule has 1 N–H and O–H groups in total. The predicted molar refractivity (Wildman–Crippen MR) is 109 cm³/mol. The number of likely N-dealkylation sites (tertiary alicyclic amines) is 2. The van der Waals surface area contributed by atoms with Gasteiger partial charge in [-0.2, -0.15) is 0 Å². The van der Waals surface area contributed by atoms with Crippen LogP contribution in [0, 0.1) is 11.8 Å². The van der Waals surface area contributed by atoms with Crippen LogP contribution < -0.4 is 10.1 Å². The van der Waals surface area contributed by atoms with Gasteiger partial charge in [0.2, 0.25) is 11.8 Å². The van der Waals surface area contributed by atoms with Crippen LogP contribution in [0.25, 0.3) is 0 Å². The molecule has 28 heavy (non-hydrogen) atoms. The molecule has 1 aromatic rings. The Hall–Kier alpha value is -2.08. The van der Waals surface area contributed by atoms with E-state index in [0.717, 1.165) is 30.2 Å². The van der Waals surface area contributed by atoms with Gasteiger partial charge in [0.15, 0.2) is 0 Å². The molecule has 0 bridgehead atoms. The first-order valence-electron chi connectivity index (χ1n) is 10.5. The molecule has 0 unspecified atom stereocenters. The third-order valence-electron chi connectivity index (χ3n) is 5.81. The molecular weight excluding hydrogens is 354 g/mol. The number of nitrogens with one attached hydrogen (secondary N) is 1. The lowest BCUT2D eigenvalue weighted by Crippen LogP contribution is -2.38. The summed E-state index contributed by atoms with van der Waals surface area (Å²) in [4.78, 5) is 29.0. The lowest BCUT2D eigenvalue weighted by atomic mass is 10.0. The Morgan fingerprint density at radius 3 is 2.75 bits per heavy atom. The molecule has 154 valence electrons. The molecule has 2 aliphatic rings. The van der Waals surface area contributed by atoms with Crippen LogP contribution in [0.5, 0.6) is 5.75 Å². The highest BCUT2D eigenvalue weighted by Gasteiger charge is 2.34. The largest absolute Gasteiger partial charge is 0.497 e. The van der Waals surface area contributed by atoms with Gasteiger partial charge in [-0.15, -0.1) is 0 Å². The van der Waals surface area contributed by atoms with Gasteiger partial charge in [0.25, 0.3) is 0 Å². The summed E-state index contributed by atoms with van der Waals surface area (Å²) in [5.74, 6) is 1.41. The van der Waals surface area contributed by atoms with Crippen molar-refractivity contribution in [1.82, 2.24) is 15.1 Å². The monoisotopic (exact) mass is 387 g/mol. The standard InChI is InChI=1S/C22H33N3O3/c1-17-5-3-11-24(14-17)12-4-10-23-22(27)19-13-21(26)25(16-19)15-18-6-8-20(28-2)9-7-18/h6-9,17,19H,3-5,10-16H2,1-2H3,(H,23,27)/t17-,19-/m1/s1. The number of methoxy groups -OCH3 is 1. The summed E-state index contributed by atoms with van der Waals surface area (Å²) < 4.78 is 5.16. The molecule has 0 saturated carbocycles. The highest BCUT2D eigenvalue weighted by molar-refractivity contribution is 5.89. The molecule has 3 rings (SSSR count). The molecule has 0 spiro atoms. The Labute approximate surface area is 168 Å². The van der Waals surface area contributed by atoms with Gasteiger partial charge in [0, 0.05) is 32.6 Å². The number of piperidine rings is 1. The molecule has 2 aliphatic heterocycles. The predicted octanol–water partition coefficient (Wildman–Crippen LogP) is 2.28. The van der Waals surface area contributed by atoms with Crippen LogP contribution in [0.3, 0.4) is 0 Å². The smallest absolute Gasteiger partial charge is 0.225 e. The number of nitrogens with zero attached hydrogens (tertiary/aromatic N) is 2. The van der Waals surface area contributed by atoms with Gasteiger partial charge in [-0.25, -0.2) is 0 Å². The van der Waals surface area contributed by atoms with Crippen molar-refractivity contribution < 1.29 is 14.3 Å². The Morgan fingerprint density at radius 1 is 1.25 bits per heavy atom. The molecule has 2 fully saturated rings. The molecule has 6 heteroatoms. The first kappa shape index (κ1) is 20.6. The van der Waals surface area contributed by atoms with Crippen molar-refractivity contribution in [3.05, 3.63) is 29.8 Å². The molecule has 0 radical (unpaired) electrons. The summed E-state index contributed by atoms with van der Waals surface area (Å²) in [6.45, 7) is 7.43. The Morgan fingerprint density at radius 2 is 2.04 bits per heavy atom. The van der Waals surface area contributed by atoms with Crippen LogP contribution in [0.4, 0.5) is 0 Å². The van der Waals surface area contributed by atoms with Gasteiger partial charge in [-0.1, -0.05) is 19.1 Å². The van der Waals surface area contributed by atoms with Crippen molar-refractivity contribution in [2.24, 2.45) is 11.8 Å². The minimum atomic E-state index is -0.235. The van der Waals surface area contributed by atoms with E-state index in [1.54, 1.807) is 12.0 Å². The second-order valence-corrected chi connectivity index (χ2v) is 8.22. The lowest BCUT2D eigenvalue weighted by Gasteiger charge is -2.30. The first-order chi connectivity index (χ1) is 13.5. The summed E-state index contributed by atoms with van der Waals surface area (Å²) in [6.07, 6.45) is 3.89. The minimum absolute atomic E-state index is 0.0117. The second-order valence-electron chi connectivity index (χ2n) is 8.22. The van der Waals surface area contributed by atoms with Gasteiger partial charge < -0.3 is 19.9 Å². The van der Waals surface area contributed by atoms with E-state index >= 15 is 0 Å². The van der Waals surface area contributed by atoms with Crippen LogP contribution in [0.2, 0.25) is 0 Å². The maximum Gasteiger partial charge on any atom is 0.225 e. The zero-order valence-electron chi connectivity index (χ0n) is 17.2. The highest BCUT2D eigenvalue weighted by Crippen LogP contribution is 2.21. The maximum atomic E-state index is 12.5.